The lowest BCUT2D eigenvalue weighted by molar-refractivity contribution is 0.632. The zero-order chi connectivity index (χ0) is 21.7. The number of imidazole rings is 1. The van der Waals surface area contributed by atoms with Crippen molar-refractivity contribution in [2.45, 2.75) is 6.92 Å². The van der Waals surface area contributed by atoms with Crippen molar-refractivity contribution < 1.29 is 4.39 Å². The molecule has 8 heteroatoms. The SMILES string of the molecule is Cc1ccncc1-c1cc2c(-c3nc4c(-c5ccncc5)nccc4[nH]3)n[nH]c2cc1F. The van der Waals surface area contributed by atoms with E-state index in [0.29, 0.717) is 22.6 Å². The number of hydrogen-bond acceptors (Lipinski definition) is 5. The molecule has 0 fully saturated rings. The Balaban J connectivity index is 1.55. The molecule has 154 valence electrons. The predicted molar refractivity (Wildman–Crippen MR) is 120 cm³/mol. The van der Waals surface area contributed by atoms with E-state index < -0.39 is 0 Å². The number of H-pyrrole nitrogens is 2. The van der Waals surface area contributed by atoms with Gasteiger partial charge in [0, 0.05) is 59.1 Å². The highest BCUT2D eigenvalue weighted by Crippen LogP contribution is 2.34. The molecule has 32 heavy (non-hydrogen) atoms. The molecule has 6 aromatic rings. The van der Waals surface area contributed by atoms with Gasteiger partial charge < -0.3 is 4.98 Å². The normalized spacial score (nSPS) is 11.4. The molecule has 0 unspecified atom stereocenters. The molecule has 7 nitrogen and oxygen atoms in total. The number of benzene rings is 1. The second-order valence-corrected chi connectivity index (χ2v) is 7.52. The average Bonchev–Trinajstić information content (AvgIpc) is 3.43. The van der Waals surface area contributed by atoms with E-state index in [1.165, 1.54) is 6.07 Å². The van der Waals surface area contributed by atoms with Gasteiger partial charge in [-0.15, -0.1) is 0 Å². The molecule has 0 bridgehead atoms. The van der Waals surface area contributed by atoms with Crippen molar-refractivity contribution in [3.8, 4) is 33.9 Å². The first-order chi connectivity index (χ1) is 15.7. The average molecular weight is 421 g/mol. The van der Waals surface area contributed by atoms with Crippen LogP contribution in [0, 0.1) is 12.7 Å². The minimum atomic E-state index is -0.336. The number of aromatic nitrogens is 7. The van der Waals surface area contributed by atoms with E-state index in [0.717, 1.165) is 38.8 Å². The van der Waals surface area contributed by atoms with E-state index in [2.05, 4.69) is 30.1 Å². The van der Waals surface area contributed by atoms with Crippen molar-refractivity contribution in [2.24, 2.45) is 0 Å². The lowest BCUT2D eigenvalue weighted by Gasteiger charge is -2.07. The molecule has 5 heterocycles. The van der Waals surface area contributed by atoms with Crippen LogP contribution in [0.4, 0.5) is 4.39 Å². The third kappa shape index (κ3) is 2.84. The standard InChI is InChI=1S/C24H16FN7/c1-13-2-6-27-12-17(13)15-10-16-20(11-18(15)25)31-32-22(16)24-29-19-5-9-28-21(23(19)30-24)14-3-7-26-8-4-14/h2-12H,1H3,(H,29,30)(H,31,32). The zero-order valence-corrected chi connectivity index (χ0v) is 17.0. The van der Waals surface area contributed by atoms with E-state index in [9.17, 15) is 4.39 Å². The number of rotatable bonds is 3. The topological polar surface area (TPSA) is 96.0 Å². The zero-order valence-electron chi connectivity index (χ0n) is 17.0. The number of pyridine rings is 3. The molecule has 1 aromatic carbocycles. The van der Waals surface area contributed by atoms with Crippen molar-refractivity contribution in [1.82, 2.24) is 35.1 Å². The van der Waals surface area contributed by atoms with Crippen molar-refractivity contribution >= 4 is 21.9 Å². The highest BCUT2D eigenvalue weighted by Gasteiger charge is 2.18. The highest BCUT2D eigenvalue weighted by atomic mass is 19.1. The summed E-state index contributed by atoms with van der Waals surface area (Å²) in [5.74, 6) is 0.243. The Kier molecular flexibility index (Phi) is 4.04. The van der Waals surface area contributed by atoms with E-state index >= 15 is 0 Å². The summed E-state index contributed by atoms with van der Waals surface area (Å²) >= 11 is 0. The van der Waals surface area contributed by atoms with Crippen molar-refractivity contribution in [2.75, 3.05) is 0 Å². The maximum Gasteiger partial charge on any atom is 0.159 e. The summed E-state index contributed by atoms with van der Waals surface area (Å²) in [5.41, 5.74) is 6.61. The second kappa shape index (κ2) is 7.05. The van der Waals surface area contributed by atoms with E-state index in [4.69, 9.17) is 4.98 Å². The maximum absolute atomic E-state index is 14.9. The van der Waals surface area contributed by atoms with Gasteiger partial charge in [-0.05, 0) is 42.8 Å². The number of aryl methyl sites for hydroxylation is 1. The number of hydrogen-bond donors (Lipinski definition) is 2. The van der Waals surface area contributed by atoms with Gasteiger partial charge in [0.2, 0.25) is 0 Å². The van der Waals surface area contributed by atoms with Gasteiger partial charge in [0.15, 0.2) is 5.82 Å². The number of nitrogens with one attached hydrogen (secondary N) is 2. The Bertz CT molecular complexity index is 1600. The van der Waals surface area contributed by atoms with Crippen LogP contribution in [0.15, 0.2) is 67.4 Å². The number of halogens is 1. The number of aromatic amines is 2. The van der Waals surface area contributed by atoms with Crippen LogP contribution in [0.5, 0.6) is 0 Å². The van der Waals surface area contributed by atoms with E-state index in [1.54, 1.807) is 37.1 Å². The van der Waals surface area contributed by atoms with Gasteiger partial charge in [-0.1, -0.05) is 0 Å². The van der Waals surface area contributed by atoms with Gasteiger partial charge in [0.25, 0.3) is 0 Å². The Morgan fingerprint density at radius 1 is 0.844 bits per heavy atom. The van der Waals surface area contributed by atoms with Crippen molar-refractivity contribution in [3.63, 3.8) is 0 Å². The molecule has 0 amide bonds. The summed E-state index contributed by atoms with van der Waals surface area (Å²) in [4.78, 5) is 20.9. The molecule has 0 atom stereocenters. The Hall–Kier alpha value is -4.46. The summed E-state index contributed by atoms with van der Waals surface area (Å²) in [6.07, 6.45) is 8.55. The summed E-state index contributed by atoms with van der Waals surface area (Å²) < 4.78 is 14.9. The van der Waals surface area contributed by atoms with Crippen LogP contribution in [0.2, 0.25) is 0 Å². The first-order valence-corrected chi connectivity index (χ1v) is 10.0. The van der Waals surface area contributed by atoms with Crippen molar-refractivity contribution in [3.05, 3.63) is 78.8 Å². The van der Waals surface area contributed by atoms with Crippen LogP contribution < -0.4 is 0 Å². The monoisotopic (exact) mass is 421 g/mol. The molecule has 5 aromatic heterocycles. The molecule has 0 aliphatic carbocycles. The minimum Gasteiger partial charge on any atom is -0.336 e. The Morgan fingerprint density at radius 2 is 1.69 bits per heavy atom. The van der Waals surface area contributed by atoms with Crippen LogP contribution in [-0.4, -0.2) is 35.1 Å². The van der Waals surface area contributed by atoms with Crippen LogP contribution in [0.1, 0.15) is 5.56 Å². The molecule has 2 N–H and O–H groups in total. The van der Waals surface area contributed by atoms with Gasteiger partial charge >= 0.3 is 0 Å². The summed E-state index contributed by atoms with van der Waals surface area (Å²) in [6, 6.07) is 10.8. The van der Waals surface area contributed by atoms with Crippen LogP contribution in [0.25, 0.3) is 55.8 Å². The molecular weight excluding hydrogens is 405 g/mol. The summed E-state index contributed by atoms with van der Waals surface area (Å²) in [5, 5.41) is 8.12. The Labute approximate surface area is 181 Å². The molecule has 0 spiro atoms. The fourth-order valence-electron chi connectivity index (χ4n) is 3.94. The van der Waals surface area contributed by atoms with E-state index in [1.807, 2.05) is 31.2 Å². The third-order valence-electron chi connectivity index (χ3n) is 5.56. The molecule has 6 rings (SSSR count). The van der Waals surface area contributed by atoms with Gasteiger partial charge in [0.05, 0.1) is 16.7 Å². The van der Waals surface area contributed by atoms with Gasteiger partial charge in [0.1, 0.15) is 17.0 Å². The number of fused-ring (bicyclic) bond motifs is 2. The van der Waals surface area contributed by atoms with Crippen molar-refractivity contribution in [1.29, 1.82) is 0 Å². The fourth-order valence-corrected chi connectivity index (χ4v) is 3.94. The first kappa shape index (κ1) is 18.3. The highest BCUT2D eigenvalue weighted by molar-refractivity contribution is 5.97. The lowest BCUT2D eigenvalue weighted by Crippen LogP contribution is -1.90. The second-order valence-electron chi connectivity index (χ2n) is 7.52. The molecular formula is C24H16FN7. The molecule has 0 aliphatic rings. The molecule has 0 saturated carbocycles. The fraction of sp³-hybridized carbons (Fsp3) is 0.0417. The quantitative estimate of drug-likeness (QED) is 0.416. The first-order valence-electron chi connectivity index (χ1n) is 10.0. The molecule has 0 aliphatic heterocycles. The lowest BCUT2D eigenvalue weighted by atomic mass is 10.0. The van der Waals surface area contributed by atoms with Gasteiger partial charge in [-0.3, -0.25) is 20.1 Å². The van der Waals surface area contributed by atoms with Crippen LogP contribution in [0.3, 0.4) is 0 Å². The van der Waals surface area contributed by atoms with Gasteiger partial charge in [-0.2, -0.15) is 5.10 Å². The van der Waals surface area contributed by atoms with Crippen LogP contribution in [-0.2, 0) is 0 Å². The Morgan fingerprint density at radius 3 is 2.53 bits per heavy atom. The predicted octanol–water partition coefficient (Wildman–Crippen LogP) is 5.07. The third-order valence-corrected chi connectivity index (χ3v) is 5.56. The van der Waals surface area contributed by atoms with E-state index in [-0.39, 0.29) is 5.82 Å². The summed E-state index contributed by atoms with van der Waals surface area (Å²) in [6.45, 7) is 1.93. The summed E-state index contributed by atoms with van der Waals surface area (Å²) in [7, 11) is 0. The van der Waals surface area contributed by atoms with Crippen LogP contribution >= 0.6 is 0 Å². The largest absolute Gasteiger partial charge is 0.336 e. The molecule has 0 saturated heterocycles. The van der Waals surface area contributed by atoms with Gasteiger partial charge in [-0.25, -0.2) is 9.37 Å². The minimum absolute atomic E-state index is 0.336. The molecule has 0 radical (unpaired) electrons. The smallest absolute Gasteiger partial charge is 0.159 e. The number of nitrogens with zero attached hydrogens (tertiary/aromatic N) is 5. The maximum atomic E-state index is 14.9.